The van der Waals surface area contributed by atoms with Crippen molar-refractivity contribution in [2.24, 2.45) is 0 Å². The van der Waals surface area contributed by atoms with Crippen molar-refractivity contribution in [3.63, 3.8) is 0 Å². The number of carbonyl (C=O) groups excluding carboxylic acids is 2. The molecule has 6 nitrogen and oxygen atoms in total. The fraction of sp³-hybridized carbons (Fsp3) is 0.394. The number of nitrogens with zero attached hydrogens (tertiary/aromatic N) is 2. The Morgan fingerprint density at radius 1 is 0.974 bits per heavy atom. The first-order valence-electron chi connectivity index (χ1n) is 14.4. The molecule has 2 unspecified atom stereocenters. The summed E-state index contributed by atoms with van der Waals surface area (Å²) < 4.78 is 5.71. The summed E-state index contributed by atoms with van der Waals surface area (Å²) in [6.07, 6.45) is 5.99. The summed E-state index contributed by atoms with van der Waals surface area (Å²) in [6.45, 7) is 8.27. The van der Waals surface area contributed by atoms with Crippen molar-refractivity contribution in [1.82, 2.24) is 0 Å². The molecule has 1 N–H and O–H groups in total. The van der Waals surface area contributed by atoms with E-state index in [2.05, 4.69) is 55.3 Å². The molecular formula is C33H39N3O3. The number of unbranched alkanes of at least 4 members (excludes halogenated alkanes) is 2. The van der Waals surface area contributed by atoms with Crippen molar-refractivity contribution < 1.29 is 14.0 Å². The molecule has 0 saturated heterocycles. The molecule has 0 radical (unpaired) electrons. The van der Waals surface area contributed by atoms with E-state index < -0.39 is 6.04 Å². The fourth-order valence-electron chi connectivity index (χ4n) is 6.01. The molecule has 3 aromatic rings. The average molecular weight is 526 g/mol. The molecule has 0 saturated carbocycles. The van der Waals surface area contributed by atoms with Crippen LogP contribution in [0, 0.1) is 0 Å². The molecule has 39 heavy (non-hydrogen) atoms. The molecule has 1 amide bonds. The van der Waals surface area contributed by atoms with Gasteiger partial charge in [-0.2, -0.15) is 0 Å². The average Bonchev–Trinajstić information content (AvgIpc) is 3.44. The van der Waals surface area contributed by atoms with Gasteiger partial charge in [-0.25, -0.2) is 0 Å². The van der Waals surface area contributed by atoms with Crippen molar-refractivity contribution in [3.05, 3.63) is 89.5 Å². The van der Waals surface area contributed by atoms with Crippen LogP contribution >= 0.6 is 0 Å². The number of para-hydroxylation sites is 2. The molecule has 6 heteroatoms. The second-order valence-electron chi connectivity index (χ2n) is 10.5. The molecule has 1 aliphatic carbocycles. The van der Waals surface area contributed by atoms with Crippen LogP contribution in [0.5, 0.6) is 0 Å². The first-order valence-corrected chi connectivity index (χ1v) is 14.4. The van der Waals surface area contributed by atoms with Crippen molar-refractivity contribution >= 4 is 28.8 Å². The number of rotatable bonds is 9. The predicted molar refractivity (Wildman–Crippen MR) is 157 cm³/mol. The van der Waals surface area contributed by atoms with Crippen LogP contribution in [0.2, 0.25) is 0 Å². The lowest BCUT2D eigenvalue weighted by atomic mass is 9.80. The number of furan rings is 1. The van der Waals surface area contributed by atoms with Gasteiger partial charge >= 0.3 is 0 Å². The maximum atomic E-state index is 14.0. The van der Waals surface area contributed by atoms with Crippen LogP contribution in [0.25, 0.3) is 0 Å². The van der Waals surface area contributed by atoms with Crippen molar-refractivity contribution in [2.45, 2.75) is 71.3 Å². The van der Waals surface area contributed by atoms with Crippen LogP contribution in [0.15, 0.2) is 82.6 Å². The van der Waals surface area contributed by atoms with E-state index in [0.717, 1.165) is 66.4 Å². The second-order valence-corrected chi connectivity index (χ2v) is 10.5. The minimum atomic E-state index is -0.499. The maximum absolute atomic E-state index is 14.0. The number of fused-ring (bicyclic) bond motifs is 1. The van der Waals surface area contributed by atoms with Gasteiger partial charge < -0.3 is 14.6 Å². The second kappa shape index (κ2) is 11.9. The Hall–Kier alpha value is -3.80. The molecule has 0 fully saturated rings. The van der Waals surface area contributed by atoms with Gasteiger partial charge in [0.1, 0.15) is 5.76 Å². The molecule has 2 aliphatic rings. The van der Waals surface area contributed by atoms with Crippen molar-refractivity contribution in [2.75, 3.05) is 28.2 Å². The zero-order chi connectivity index (χ0) is 27.4. The number of allylic oxidation sites excluding steroid dienone is 1. The topological polar surface area (TPSA) is 65.8 Å². The lowest BCUT2D eigenvalue weighted by molar-refractivity contribution is -0.119. The minimum absolute atomic E-state index is 0.0385. The first kappa shape index (κ1) is 26.8. The monoisotopic (exact) mass is 525 g/mol. The Labute approximate surface area is 231 Å². The molecule has 5 rings (SSSR count). The molecule has 2 heterocycles. The summed E-state index contributed by atoms with van der Waals surface area (Å²) in [5.41, 5.74) is 5.32. The summed E-state index contributed by atoms with van der Waals surface area (Å²) in [4.78, 5) is 32.2. The third kappa shape index (κ3) is 5.38. The Kier molecular flexibility index (Phi) is 8.20. The lowest BCUT2D eigenvalue weighted by Gasteiger charge is -2.35. The van der Waals surface area contributed by atoms with Crippen LogP contribution in [0.3, 0.4) is 0 Å². The standard InChI is InChI=1S/C33H39N3O3/c1-4-7-8-15-31(38)36-28-13-10-9-12-26(28)34-27-21-24(30-14-11-20-39-30)22-29(37)32(27)33(36)23-16-18-25(19-17-23)35(5-2)6-3/h9-14,16-20,24,33-34H,4-8,15,21-22H2,1-3H3. The van der Waals surface area contributed by atoms with E-state index >= 15 is 0 Å². The number of Topliss-reactive ketones (excluding diaryl/α,β-unsaturated/α-hetero) is 1. The minimum Gasteiger partial charge on any atom is -0.469 e. The highest BCUT2D eigenvalue weighted by molar-refractivity contribution is 6.06. The van der Waals surface area contributed by atoms with E-state index in [1.807, 2.05) is 41.3 Å². The summed E-state index contributed by atoms with van der Waals surface area (Å²) in [5, 5.41) is 3.60. The maximum Gasteiger partial charge on any atom is 0.227 e. The van der Waals surface area contributed by atoms with Gasteiger partial charge in [0.05, 0.1) is 23.7 Å². The fourth-order valence-corrected chi connectivity index (χ4v) is 6.01. The van der Waals surface area contributed by atoms with Crippen LogP contribution in [-0.2, 0) is 9.59 Å². The Balaban J connectivity index is 1.65. The van der Waals surface area contributed by atoms with Crippen molar-refractivity contribution in [3.8, 4) is 0 Å². The van der Waals surface area contributed by atoms with Gasteiger partial charge in [-0.05, 0) is 68.7 Å². The largest absolute Gasteiger partial charge is 0.469 e. The van der Waals surface area contributed by atoms with E-state index in [4.69, 9.17) is 4.42 Å². The van der Waals surface area contributed by atoms with Gasteiger partial charge in [-0.3, -0.25) is 14.5 Å². The number of amides is 1. The predicted octanol–water partition coefficient (Wildman–Crippen LogP) is 7.61. The lowest BCUT2D eigenvalue weighted by Crippen LogP contribution is -2.38. The van der Waals surface area contributed by atoms with Gasteiger partial charge in [-0.1, -0.05) is 44.0 Å². The van der Waals surface area contributed by atoms with Gasteiger partial charge in [0, 0.05) is 48.8 Å². The zero-order valence-corrected chi connectivity index (χ0v) is 23.3. The van der Waals surface area contributed by atoms with E-state index in [1.165, 1.54) is 0 Å². The number of benzene rings is 2. The highest BCUT2D eigenvalue weighted by Crippen LogP contribution is 2.47. The third-order valence-corrected chi connectivity index (χ3v) is 8.03. The van der Waals surface area contributed by atoms with E-state index in [0.29, 0.717) is 24.8 Å². The highest BCUT2D eigenvalue weighted by Gasteiger charge is 2.41. The van der Waals surface area contributed by atoms with Gasteiger partial charge in [0.2, 0.25) is 5.91 Å². The molecule has 0 spiro atoms. The van der Waals surface area contributed by atoms with Crippen molar-refractivity contribution in [1.29, 1.82) is 0 Å². The molecule has 204 valence electrons. The molecular weight excluding hydrogens is 486 g/mol. The summed E-state index contributed by atoms with van der Waals surface area (Å²) in [5.74, 6) is 0.887. The first-order chi connectivity index (χ1) is 19.0. The van der Waals surface area contributed by atoms with E-state index in [-0.39, 0.29) is 17.6 Å². The number of nitrogens with one attached hydrogen (secondary N) is 1. The van der Waals surface area contributed by atoms with Gasteiger partial charge in [0.15, 0.2) is 5.78 Å². The van der Waals surface area contributed by atoms with E-state index in [9.17, 15) is 9.59 Å². The van der Waals surface area contributed by atoms with E-state index in [1.54, 1.807) is 6.26 Å². The molecule has 2 aromatic carbocycles. The molecule has 0 bridgehead atoms. The van der Waals surface area contributed by atoms with Crippen LogP contribution in [0.4, 0.5) is 17.1 Å². The normalized spacial score (nSPS) is 18.7. The Morgan fingerprint density at radius 3 is 2.44 bits per heavy atom. The smallest absolute Gasteiger partial charge is 0.227 e. The van der Waals surface area contributed by atoms with Gasteiger partial charge in [0.25, 0.3) is 0 Å². The quantitative estimate of drug-likeness (QED) is 0.291. The Bertz CT molecular complexity index is 1320. The van der Waals surface area contributed by atoms with Crippen LogP contribution < -0.4 is 15.1 Å². The Morgan fingerprint density at radius 2 is 1.74 bits per heavy atom. The number of anilines is 3. The molecule has 1 aliphatic heterocycles. The number of carbonyl (C=O) groups is 2. The molecule has 1 aromatic heterocycles. The number of ketones is 1. The number of hydrogen-bond acceptors (Lipinski definition) is 5. The summed E-state index contributed by atoms with van der Waals surface area (Å²) >= 11 is 0. The SMILES string of the molecule is CCCCCC(=O)N1c2ccccc2NC2=C(C(=O)CC(c3ccco3)C2)C1c1ccc(N(CC)CC)cc1. The summed E-state index contributed by atoms with van der Waals surface area (Å²) in [6, 6.07) is 19.7. The van der Waals surface area contributed by atoms with Gasteiger partial charge in [-0.15, -0.1) is 0 Å². The zero-order valence-electron chi connectivity index (χ0n) is 23.3. The third-order valence-electron chi connectivity index (χ3n) is 8.03. The van der Waals surface area contributed by atoms with Crippen LogP contribution in [0.1, 0.15) is 82.6 Å². The highest BCUT2D eigenvalue weighted by atomic mass is 16.3. The van der Waals surface area contributed by atoms with Crippen LogP contribution in [-0.4, -0.2) is 24.8 Å². The summed E-state index contributed by atoms with van der Waals surface area (Å²) in [7, 11) is 0. The molecule has 2 atom stereocenters. The number of hydrogen-bond donors (Lipinski definition) is 1.